The van der Waals surface area contributed by atoms with Gasteiger partial charge in [-0.2, -0.15) is 13.2 Å². The maximum Gasteiger partial charge on any atom is 0.411 e. The van der Waals surface area contributed by atoms with E-state index in [4.69, 9.17) is 4.74 Å². The molecule has 0 aromatic heterocycles. The monoisotopic (exact) mass is 298 g/mol. The Hall–Kier alpha value is -0.370. The second-order valence-electron chi connectivity index (χ2n) is 5.06. The molecule has 0 aromatic rings. The van der Waals surface area contributed by atoms with E-state index in [9.17, 15) is 13.2 Å². The zero-order valence-corrected chi connectivity index (χ0v) is 12.3. The molecular formula is C13H25F3N2O2. The number of rotatable bonds is 8. The number of hydrogen-bond acceptors (Lipinski definition) is 4. The van der Waals surface area contributed by atoms with Gasteiger partial charge in [0.05, 0.1) is 13.2 Å². The molecule has 0 bridgehead atoms. The van der Waals surface area contributed by atoms with Crippen LogP contribution < -0.4 is 0 Å². The average molecular weight is 298 g/mol. The van der Waals surface area contributed by atoms with Crippen molar-refractivity contribution in [2.24, 2.45) is 0 Å². The van der Waals surface area contributed by atoms with E-state index in [1.165, 1.54) is 0 Å². The van der Waals surface area contributed by atoms with E-state index >= 15 is 0 Å². The highest BCUT2D eigenvalue weighted by molar-refractivity contribution is 4.81. The molecule has 1 aliphatic rings. The predicted molar refractivity (Wildman–Crippen MR) is 70.8 cm³/mol. The molecule has 0 saturated carbocycles. The Morgan fingerprint density at radius 2 is 1.90 bits per heavy atom. The van der Waals surface area contributed by atoms with Crippen molar-refractivity contribution in [1.82, 2.24) is 9.80 Å². The van der Waals surface area contributed by atoms with Gasteiger partial charge in [0.15, 0.2) is 0 Å². The summed E-state index contributed by atoms with van der Waals surface area (Å²) in [7, 11) is 1.69. The fourth-order valence-corrected chi connectivity index (χ4v) is 2.43. The first-order valence-corrected chi connectivity index (χ1v) is 7.06. The minimum absolute atomic E-state index is 0.133. The fourth-order valence-electron chi connectivity index (χ4n) is 2.43. The number of ether oxygens (including phenoxy) is 2. The quantitative estimate of drug-likeness (QED) is 0.636. The number of hydrogen-bond donors (Lipinski definition) is 0. The molecule has 0 spiro atoms. The maximum absolute atomic E-state index is 12.0. The molecule has 0 radical (unpaired) electrons. The van der Waals surface area contributed by atoms with Crippen LogP contribution in [0.3, 0.4) is 0 Å². The Morgan fingerprint density at radius 3 is 2.50 bits per heavy atom. The highest BCUT2D eigenvalue weighted by Crippen LogP contribution is 2.15. The largest absolute Gasteiger partial charge is 0.411 e. The van der Waals surface area contributed by atoms with Crippen LogP contribution in [0.15, 0.2) is 0 Å². The number of halogens is 3. The topological polar surface area (TPSA) is 24.9 Å². The van der Waals surface area contributed by atoms with Gasteiger partial charge in [-0.25, -0.2) is 0 Å². The molecule has 0 amide bonds. The molecule has 1 rings (SSSR count). The van der Waals surface area contributed by atoms with E-state index < -0.39 is 12.8 Å². The molecule has 0 aliphatic carbocycles. The van der Waals surface area contributed by atoms with E-state index in [0.29, 0.717) is 19.2 Å². The van der Waals surface area contributed by atoms with Crippen molar-refractivity contribution < 1.29 is 22.6 Å². The summed E-state index contributed by atoms with van der Waals surface area (Å²) in [4.78, 5) is 4.56. The zero-order valence-electron chi connectivity index (χ0n) is 12.3. The number of piperazine rings is 1. The van der Waals surface area contributed by atoms with Crippen molar-refractivity contribution >= 4 is 0 Å². The summed E-state index contributed by atoms with van der Waals surface area (Å²) in [6.07, 6.45) is -3.20. The summed E-state index contributed by atoms with van der Waals surface area (Å²) in [6, 6.07) is 0.446. The number of alkyl halides is 3. The van der Waals surface area contributed by atoms with Crippen molar-refractivity contribution in [2.45, 2.75) is 25.6 Å². The standard InChI is InChI=1S/C13H25F3N2O2/c1-3-12-10-17(4-5-18(12)7-8-19-2)6-9-20-11-13(14,15)16/h12H,3-11H2,1-2H3/t12-/m0/s1. The minimum Gasteiger partial charge on any atom is -0.383 e. The van der Waals surface area contributed by atoms with Crippen LogP contribution in [0.25, 0.3) is 0 Å². The van der Waals surface area contributed by atoms with Crippen LogP contribution in [-0.2, 0) is 9.47 Å². The molecule has 7 heteroatoms. The third-order valence-electron chi connectivity index (χ3n) is 3.56. The van der Waals surface area contributed by atoms with E-state index in [0.717, 1.165) is 32.6 Å². The molecule has 1 saturated heterocycles. The van der Waals surface area contributed by atoms with Gasteiger partial charge in [-0.05, 0) is 6.42 Å². The lowest BCUT2D eigenvalue weighted by molar-refractivity contribution is -0.174. The van der Waals surface area contributed by atoms with Crippen molar-refractivity contribution in [3.63, 3.8) is 0 Å². The van der Waals surface area contributed by atoms with Gasteiger partial charge >= 0.3 is 6.18 Å². The van der Waals surface area contributed by atoms with Gasteiger partial charge in [0.25, 0.3) is 0 Å². The van der Waals surface area contributed by atoms with Crippen molar-refractivity contribution in [3.05, 3.63) is 0 Å². The van der Waals surface area contributed by atoms with E-state index in [1.807, 2.05) is 0 Å². The van der Waals surface area contributed by atoms with Crippen LogP contribution in [0.2, 0.25) is 0 Å². The Bertz CT molecular complexity index is 264. The molecule has 1 aliphatic heterocycles. The van der Waals surface area contributed by atoms with Gasteiger partial charge in [0, 0.05) is 45.9 Å². The van der Waals surface area contributed by atoms with Crippen LogP contribution in [0, 0.1) is 0 Å². The molecule has 4 nitrogen and oxygen atoms in total. The van der Waals surface area contributed by atoms with E-state index in [-0.39, 0.29) is 6.61 Å². The van der Waals surface area contributed by atoms with Crippen LogP contribution in [0.5, 0.6) is 0 Å². The third-order valence-corrected chi connectivity index (χ3v) is 3.56. The lowest BCUT2D eigenvalue weighted by Crippen LogP contribution is -2.54. The fraction of sp³-hybridized carbons (Fsp3) is 1.00. The second-order valence-corrected chi connectivity index (χ2v) is 5.06. The lowest BCUT2D eigenvalue weighted by Gasteiger charge is -2.41. The van der Waals surface area contributed by atoms with Crippen LogP contribution in [0.4, 0.5) is 13.2 Å². The molecular weight excluding hydrogens is 273 g/mol. The van der Waals surface area contributed by atoms with E-state index in [1.54, 1.807) is 7.11 Å². The van der Waals surface area contributed by atoms with Gasteiger partial charge in [-0.15, -0.1) is 0 Å². The van der Waals surface area contributed by atoms with Crippen LogP contribution >= 0.6 is 0 Å². The lowest BCUT2D eigenvalue weighted by atomic mass is 10.1. The van der Waals surface area contributed by atoms with Crippen molar-refractivity contribution in [2.75, 3.05) is 59.7 Å². The summed E-state index contributed by atoms with van der Waals surface area (Å²) < 4.78 is 45.6. The molecule has 1 heterocycles. The molecule has 0 unspecified atom stereocenters. The molecule has 1 atom stereocenters. The Morgan fingerprint density at radius 1 is 1.15 bits per heavy atom. The summed E-state index contributed by atoms with van der Waals surface area (Å²) in [5, 5.41) is 0. The molecule has 1 fully saturated rings. The molecule has 0 N–H and O–H groups in total. The van der Waals surface area contributed by atoms with Gasteiger partial charge in [-0.3, -0.25) is 9.80 Å². The average Bonchev–Trinajstić information content (AvgIpc) is 2.40. The number of methoxy groups -OCH3 is 1. The molecule has 120 valence electrons. The Labute approximate surface area is 118 Å². The van der Waals surface area contributed by atoms with Gasteiger partial charge in [0.2, 0.25) is 0 Å². The van der Waals surface area contributed by atoms with Crippen LogP contribution in [-0.4, -0.2) is 81.7 Å². The summed E-state index contributed by atoms with van der Waals surface area (Å²) in [6.45, 7) is 5.98. The van der Waals surface area contributed by atoms with E-state index in [2.05, 4.69) is 21.5 Å². The first kappa shape index (κ1) is 17.7. The second kappa shape index (κ2) is 8.81. The van der Waals surface area contributed by atoms with Gasteiger partial charge < -0.3 is 9.47 Å². The van der Waals surface area contributed by atoms with Gasteiger partial charge in [0.1, 0.15) is 6.61 Å². The first-order valence-electron chi connectivity index (χ1n) is 7.06. The predicted octanol–water partition coefficient (Wildman–Crippen LogP) is 1.61. The van der Waals surface area contributed by atoms with Crippen molar-refractivity contribution in [1.29, 1.82) is 0 Å². The first-order chi connectivity index (χ1) is 9.46. The Kier molecular flexibility index (Phi) is 7.79. The third kappa shape index (κ3) is 6.88. The highest BCUT2D eigenvalue weighted by Gasteiger charge is 2.28. The summed E-state index contributed by atoms with van der Waals surface area (Å²) in [5.41, 5.74) is 0. The van der Waals surface area contributed by atoms with Crippen LogP contribution in [0.1, 0.15) is 13.3 Å². The van der Waals surface area contributed by atoms with Gasteiger partial charge in [-0.1, -0.05) is 6.92 Å². The summed E-state index contributed by atoms with van der Waals surface area (Å²) in [5.74, 6) is 0. The minimum atomic E-state index is -4.23. The molecule has 20 heavy (non-hydrogen) atoms. The Balaban J connectivity index is 2.23. The number of nitrogens with zero attached hydrogens (tertiary/aromatic N) is 2. The smallest absolute Gasteiger partial charge is 0.383 e. The van der Waals surface area contributed by atoms with Crippen molar-refractivity contribution in [3.8, 4) is 0 Å². The summed E-state index contributed by atoms with van der Waals surface area (Å²) >= 11 is 0. The normalized spacial score (nSPS) is 22.4. The molecule has 0 aromatic carbocycles. The SMILES string of the molecule is CC[C@H]1CN(CCOCC(F)(F)F)CCN1CCOC. The highest BCUT2D eigenvalue weighted by atomic mass is 19.4. The zero-order chi connectivity index (χ0) is 15.0. The maximum atomic E-state index is 12.0.